The molecule has 2 heterocycles. The van der Waals surface area contributed by atoms with Crippen LogP contribution in [0.2, 0.25) is 0 Å². The predicted octanol–water partition coefficient (Wildman–Crippen LogP) is 1.82. The number of nitrogens with one attached hydrogen (secondary N) is 2. The Hall–Kier alpha value is -3.56. The van der Waals surface area contributed by atoms with E-state index >= 15 is 0 Å². The topological polar surface area (TPSA) is 85.1 Å². The first-order chi connectivity index (χ1) is 13.2. The van der Waals surface area contributed by atoms with Crippen LogP contribution in [0, 0.1) is 0 Å². The van der Waals surface area contributed by atoms with Gasteiger partial charge in [0, 0.05) is 30.3 Å². The molecule has 2 aromatic heterocycles. The number of rotatable bonds is 3. The van der Waals surface area contributed by atoms with Crippen molar-refractivity contribution in [3.63, 3.8) is 0 Å². The Labute approximate surface area is 156 Å². The summed E-state index contributed by atoms with van der Waals surface area (Å²) in [5, 5.41) is 0.672. The Morgan fingerprint density at radius 3 is 2.50 bits per heavy atom. The number of nitrogens with zero attached hydrogens (tertiary/aromatic N) is 2. The second kappa shape index (κ2) is 7.22. The average molecular weight is 392 g/mol. The van der Waals surface area contributed by atoms with Gasteiger partial charge in [-0.3, -0.25) is 25.2 Å². The van der Waals surface area contributed by atoms with Crippen LogP contribution in [0.15, 0.2) is 53.6 Å². The second-order valence-electron chi connectivity index (χ2n) is 6.03. The molecule has 2 amide bonds. The van der Waals surface area contributed by atoms with Crippen LogP contribution in [0.4, 0.5) is 13.2 Å². The largest absolute Gasteiger partial charge is 0.421 e. The summed E-state index contributed by atoms with van der Waals surface area (Å²) in [6, 6.07) is 8.81. The second-order valence-corrected chi connectivity index (χ2v) is 6.03. The van der Waals surface area contributed by atoms with Crippen LogP contribution in [-0.2, 0) is 24.6 Å². The van der Waals surface area contributed by atoms with Gasteiger partial charge >= 0.3 is 6.18 Å². The van der Waals surface area contributed by atoms with E-state index in [-0.39, 0.29) is 0 Å². The lowest BCUT2D eigenvalue weighted by Gasteiger charge is -2.11. The molecule has 10 heteroatoms. The van der Waals surface area contributed by atoms with Gasteiger partial charge in [0.05, 0.1) is 5.56 Å². The Morgan fingerprint density at radius 2 is 1.79 bits per heavy atom. The van der Waals surface area contributed by atoms with Gasteiger partial charge in [-0.15, -0.1) is 0 Å². The monoisotopic (exact) mass is 392 g/mol. The molecule has 28 heavy (non-hydrogen) atoms. The zero-order chi connectivity index (χ0) is 20.5. The normalized spacial score (nSPS) is 11.4. The Bertz CT molecular complexity index is 1120. The Morgan fingerprint density at radius 1 is 1.07 bits per heavy atom. The summed E-state index contributed by atoms with van der Waals surface area (Å²) in [4.78, 5) is 36.1. The molecule has 0 atom stereocenters. The quantitative estimate of drug-likeness (QED) is 0.667. The third-order valence-electron chi connectivity index (χ3n) is 4.10. The van der Waals surface area contributed by atoms with E-state index in [1.807, 2.05) is 12.1 Å². The van der Waals surface area contributed by atoms with Crippen LogP contribution >= 0.6 is 0 Å². The van der Waals surface area contributed by atoms with Crippen molar-refractivity contribution in [2.45, 2.75) is 12.7 Å². The first-order valence-electron chi connectivity index (χ1n) is 8.08. The van der Waals surface area contributed by atoms with E-state index in [1.54, 1.807) is 29.9 Å². The smallest absolute Gasteiger partial charge is 0.350 e. The number of carbonyl (C=O) groups is 2. The predicted molar refractivity (Wildman–Crippen MR) is 94.2 cm³/mol. The van der Waals surface area contributed by atoms with Crippen LogP contribution in [0.3, 0.4) is 0 Å². The molecule has 1 aromatic carbocycles. The van der Waals surface area contributed by atoms with Gasteiger partial charge in [0.1, 0.15) is 12.1 Å². The molecular weight excluding hydrogens is 377 g/mol. The lowest BCUT2D eigenvalue weighted by atomic mass is 10.2. The van der Waals surface area contributed by atoms with E-state index in [0.29, 0.717) is 21.6 Å². The standard InChI is InChI=1S/C18H15F3N4O3/c1-24-9-12(11-5-2-3-7-14(11)24)16(27)23-22-15(26)10-25-8-4-6-13(17(25)28)18(19,20)21/h2-9H,10H2,1H3,(H,22,26)(H,23,27). The lowest BCUT2D eigenvalue weighted by molar-refractivity contribution is -0.139. The number of hydrogen-bond acceptors (Lipinski definition) is 3. The maximum absolute atomic E-state index is 12.8. The van der Waals surface area contributed by atoms with Gasteiger partial charge in [-0.25, -0.2) is 0 Å². The number of pyridine rings is 1. The third-order valence-corrected chi connectivity index (χ3v) is 4.10. The SMILES string of the molecule is Cn1cc(C(=O)NNC(=O)Cn2cccc(C(F)(F)F)c2=O)c2ccccc21. The van der Waals surface area contributed by atoms with Gasteiger partial charge in [-0.1, -0.05) is 18.2 Å². The number of aromatic nitrogens is 2. The summed E-state index contributed by atoms with van der Waals surface area (Å²) in [7, 11) is 1.76. The number of amides is 2. The number of benzene rings is 1. The van der Waals surface area contributed by atoms with Gasteiger partial charge in [0.15, 0.2) is 0 Å². The fourth-order valence-electron chi connectivity index (χ4n) is 2.79. The van der Waals surface area contributed by atoms with Crippen molar-refractivity contribution in [2.24, 2.45) is 7.05 Å². The highest BCUT2D eigenvalue weighted by Gasteiger charge is 2.34. The molecule has 3 aromatic rings. The molecule has 146 valence electrons. The van der Waals surface area contributed by atoms with E-state index in [4.69, 9.17) is 0 Å². The maximum atomic E-state index is 12.8. The van der Waals surface area contributed by atoms with Crippen molar-refractivity contribution in [1.82, 2.24) is 20.0 Å². The molecule has 0 fully saturated rings. The number of carbonyl (C=O) groups excluding carboxylic acids is 2. The number of halogens is 3. The summed E-state index contributed by atoms with van der Waals surface area (Å²) >= 11 is 0. The molecule has 0 radical (unpaired) electrons. The molecule has 0 saturated heterocycles. The van der Waals surface area contributed by atoms with Crippen molar-refractivity contribution in [3.05, 3.63) is 70.3 Å². The number of hydrogen-bond donors (Lipinski definition) is 2. The highest BCUT2D eigenvalue weighted by atomic mass is 19.4. The van der Waals surface area contributed by atoms with Crippen molar-refractivity contribution in [2.75, 3.05) is 0 Å². The van der Waals surface area contributed by atoms with Gasteiger partial charge in [-0.05, 0) is 18.2 Å². The van der Waals surface area contributed by atoms with Crippen molar-refractivity contribution >= 4 is 22.7 Å². The molecule has 3 rings (SSSR count). The summed E-state index contributed by atoms with van der Waals surface area (Å²) in [5.41, 5.74) is 2.71. The summed E-state index contributed by atoms with van der Waals surface area (Å²) < 4.78 is 40.7. The average Bonchev–Trinajstić information content (AvgIpc) is 2.98. The van der Waals surface area contributed by atoms with Crippen molar-refractivity contribution in [1.29, 1.82) is 0 Å². The van der Waals surface area contributed by atoms with Crippen LogP contribution in [0.25, 0.3) is 10.9 Å². The highest BCUT2D eigenvalue weighted by molar-refractivity contribution is 6.07. The van der Waals surface area contributed by atoms with Crippen LogP contribution in [0.1, 0.15) is 15.9 Å². The zero-order valence-electron chi connectivity index (χ0n) is 14.6. The number of para-hydroxylation sites is 1. The lowest BCUT2D eigenvalue weighted by Crippen LogP contribution is -2.44. The van der Waals surface area contributed by atoms with Gasteiger partial charge in [0.2, 0.25) is 0 Å². The van der Waals surface area contributed by atoms with E-state index in [1.165, 1.54) is 0 Å². The minimum absolute atomic E-state index is 0.314. The summed E-state index contributed by atoms with van der Waals surface area (Å²) in [6.07, 6.45) is -2.17. The van der Waals surface area contributed by atoms with E-state index < -0.39 is 35.7 Å². The summed E-state index contributed by atoms with van der Waals surface area (Å²) in [5.74, 6) is -1.45. The minimum atomic E-state index is -4.82. The van der Waals surface area contributed by atoms with Crippen LogP contribution < -0.4 is 16.4 Å². The Kier molecular flexibility index (Phi) is 4.95. The number of fused-ring (bicyclic) bond motifs is 1. The van der Waals surface area contributed by atoms with Gasteiger partial charge in [-0.2, -0.15) is 13.2 Å². The first kappa shape index (κ1) is 19.2. The van der Waals surface area contributed by atoms with E-state index in [0.717, 1.165) is 17.8 Å². The first-order valence-corrected chi connectivity index (χ1v) is 8.08. The van der Waals surface area contributed by atoms with E-state index in [9.17, 15) is 27.6 Å². The third kappa shape index (κ3) is 3.75. The maximum Gasteiger partial charge on any atom is 0.421 e. The van der Waals surface area contributed by atoms with Gasteiger partial charge < -0.3 is 9.13 Å². The fraction of sp³-hybridized carbons (Fsp3) is 0.167. The minimum Gasteiger partial charge on any atom is -0.350 e. The molecule has 0 saturated carbocycles. The molecular formula is C18H15F3N4O3. The van der Waals surface area contributed by atoms with Crippen LogP contribution in [0.5, 0.6) is 0 Å². The molecule has 0 aliphatic carbocycles. The number of alkyl halides is 3. The molecule has 7 nitrogen and oxygen atoms in total. The van der Waals surface area contributed by atoms with Gasteiger partial charge in [0.25, 0.3) is 17.4 Å². The number of hydrazine groups is 1. The fourth-order valence-corrected chi connectivity index (χ4v) is 2.79. The van der Waals surface area contributed by atoms with Crippen molar-refractivity contribution in [3.8, 4) is 0 Å². The number of aryl methyl sites for hydroxylation is 1. The molecule has 0 spiro atoms. The molecule has 0 aliphatic heterocycles. The molecule has 0 bridgehead atoms. The molecule has 0 aliphatic rings. The summed E-state index contributed by atoms with van der Waals surface area (Å²) in [6.45, 7) is -0.682. The Balaban J connectivity index is 1.70. The van der Waals surface area contributed by atoms with E-state index in [2.05, 4.69) is 10.9 Å². The molecule has 0 unspecified atom stereocenters. The van der Waals surface area contributed by atoms with Crippen molar-refractivity contribution < 1.29 is 22.8 Å². The highest BCUT2D eigenvalue weighted by Crippen LogP contribution is 2.26. The van der Waals surface area contributed by atoms with Crippen LogP contribution in [-0.4, -0.2) is 20.9 Å². The zero-order valence-corrected chi connectivity index (χ0v) is 14.6. The molecule has 2 N–H and O–H groups in total.